The van der Waals surface area contributed by atoms with Crippen LogP contribution in [0.25, 0.3) is 27.8 Å². The molecule has 3 nitrogen and oxygen atoms in total. The minimum absolute atomic E-state index is 0.0730. The molecule has 0 fully saturated rings. The molecule has 2 heterocycles. The molecule has 0 unspecified atom stereocenters. The van der Waals surface area contributed by atoms with Crippen molar-refractivity contribution in [2.75, 3.05) is 0 Å². The number of rotatable bonds is 1. The van der Waals surface area contributed by atoms with E-state index in [0.717, 1.165) is 22.0 Å². The van der Waals surface area contributed by atoms with E-state index >= 15 is 0 Å². The van der Waals surface area contributed by atoms with Crippen LogP contribution in [0.5, 0.6) is 0 Å². The summed E-state index contributed by atoms with van der Waals surface area (Å²) < 4.78 is 1.66. The van der Waals surface area contributed by atoms with Crippen LogP contribution in [0.2, 0.25) is 5.02 Å². The summed E-state index contributed by atoms with van der Waals surface area (Å²) in [6, 6.07) is 16.6. The third kappa shape index (κ3) is 1.53. The molecular formula is C16H9ClN2O. The second-order valence-electron chi connectivity index (χ2n) is 4.66. The first-order chi connectivity index (χ1) is 9.74. The molecule has 4 rings (SSSR count). The maximum absolute atomic E-state index is 12.2. The Morgan fingerprint density at radius 3 is 2.55 bits per heavy atom. The van der Waals surface area contributed by atoms with Gasteiger partial charge in [0, 0.05) is 22.0 Å². The zero-order valence-corrected chi connectivity index (χ0v) is 11.1. The fourth-order valence-corrected chi connectivity index (χ4v) is 2.66. The van der Waals surface area contributed by atoms with Crippen LogP contribution in [-0.4, -0.2) is 9.38 Å². The zero-order chi connectivity index (χ0) is 13.7. The standard InChI is InChI=1S/C16H9ClN2O/c17-12-7-4-11(5-8-12)16-18-13-3-1-2-10-6-9-14(20)19(16)15(10)13/h1-9H. The Labute approximate surface area is 119 Å². The number of hydrogen-bond donors (Lipinski definition) is 0. The lowest BCUT2D eigenvalue weighted by Gasteiger charge is -2.01. The lowest BCUT2D eigenvalue weighted by Crippen LogP contribution is -2.11. The van der Waals surface area contributed by atoms with Gasteiger partial charge in [-0.1, -0.05) is 23.7 Å². The fourth-order valence-electron chi connectivity index (χ4n) is 2.53. The van der Waals surface area contributed by atoms with E-state index in [9.17, 15) is 4.79 Å². The van der Waals surface area contributed by atoms with E-state index in [0.29, 0.717) is 10.8 Å². The number of benzene rings is 2. The first kappa shape index (κ1) is 11.4. The van der Waals surface area contributed by atoms with Crippen LogP contribution in [-0.2, 0) is 0 Å². The van der Waals surface area contributed by atoms with Crippen LogP contribution in [0.1, 0.15) is 0 Å². The Bertz CT molecular complexity index is 973. The summed E-state index contributed by atoms with van der Waals surface area (Å²) in [5, 5.41) is 1.67. The molecule has 0 aliphatic heterocycles. The zero-order valence-electron chi connectivity index (χ0n) is 10.4. The van der Waals surface area contributed by atoms with E-state index in [-0.39, 0.29) is 5.56 Å². The third-order valence-electron chi connectivity index (χ3n) is 3.44. The molecule has 0 atom stereocenters. The smallest absolute Gasteiger partial charge is 0.256 e. The maximum atomic E-state index is 12.2. The highest BCUT2D eigenvalue weighted by Gasteiger charge is 2.13. The molecule has 0 aliphatic rings. The molecular weight excluding hydrogens is 272 g/mol. The molecule has 4 heteroatoms. The van der Waals surface area contributed by atoms with E-state index in [4.69, 9.17) is 11.6 Å². The molecule has 2 aromatic carbocycles. The van der Waals surface area contributed by atoms with Crippen LogP contribution in [0.4, 0.5) is 0 Å². The van der Waals surface area contributed by atoms with Gasteiger partial charge >= 0.3 is 0 Å². The number of pyridine rings is 1. The maximum Gasteiger partial charge on any atom is 0.256 e. The molecule has 96 valence electrons. The summed E-state index contributed by atoms with van der Waals surface area (Å²) in [7, 11) is 0. The van der Waals surface area contributed by atoms with Crippen molar-refractivity contribution in [3.63, 3.8) is 0 Å². The van der Waals surface area contributed by atoms with E-state index in [2.05, 4.69) is 4.98 Å². The van der Waals surface area contributed by atoms with Gasteiger partial charge in [0.1, 0.15) is 5.82 Å². The summed E-state index contributed by atoms with van der Waals surface area (Å²) in [6.07, 6.45) is 0. The van der Waals surface area contributed by atoms with Gasteiger partial charge in [-0.05, 0) is 36.4 Å². The van der Waals surface area contributed by atoms with Crippen molar-refractivity contribution < 1.29 is 0 Å². The van der Waals surface area contributed by atoms with Crippen molar-refractivity contribution in [3.05, 3.63) is 70.0 Å². The number of para-hydroxylation sites is 1. The predicted octanol–water partition coefficient (Wildman–Crippen LogP) is 3.61. The molecule has 2 aromatic heterocycles. The van der Waals surface area contributed by atoms with Gasteiger partial charge in [0.05, 0.1) is 11.0 Å². The summed E-state index contributed by atoms with van der Waals surface area (Å²) >= 11 is 5.91. The Hall–Kier alpha value is -2.39. The Morgan fingerprint density at radius 2 is 1.75 bits per heavy atom. The second kappa shape index (κ2) is 4.05. The highest BCUT2D eigenvalue weighted by Crippen LogP contribution is 2.26. The fraction of sp³-hybridized carbons (Fsp3) is 0. The molecule has 0 saturated heterocycles. The monoisotopic (exact) mass is 280 g/mol. The molecule has 0 amide bonds. The van der Waals surface area contributed by atoms with Gasteiger partial charge in [-0.2, -0.15) is 0 Å². The van der Waals surface area contributed by atoms with Gasteiger partial charge in [-0.25, -0.2) is 4.98 Å². The SMILES string of the molecule is O=c1ccc2cccc3nc(-c4ccc(Cl)cc4)n1c23. The number of nitrogens with zero attached hydrogens (tertiary/aromatic N) is 2. The number of aromatic nitrogens is 2. The largest absolute Gasteiger partial charge is 0.269 e. The van der Waals surface area contributed by atoms with Crippen molar-refractivity contribution in [3.8, 4) is 11.4 Å². The average molecular weight is 281 g/mol. The summed E-state index contributed by atoms with van der Waals surface area (Å²) in [6.45, 7) is 0. The summed E-state index contributed by atoms with van der Waals surface area (Å²) in [4.78, 5) is 16.8. The van der Waals surface area contributed by atoms with Gasteiger partial charge in [-0.3, -0.25) is 9.20 Å². The number of halogens is 1. The van der Waals surface area contributed by atoms with Crippen LogP contribution in [0, 0.1) is 0 Å². The van der Waals surface area contributed by atoms with Crippen LogP contribution < -0.4 is 5.56 Å². The first-order valence-electron chi connectivity index (χ1n) is 6.24. The predicted molar refractivity (Wildman–Crippen MR) is 80.6 cm³/mol. The van der Waals surface area contributed by atoms with Crippen LogP contribution >= 0.6 is 11.6 Å². The van der Waals surface area contributed by atoms with Crippen molar-refractivity contribution >= 4 is 28.0 Å². The topological polar surface area (TPSA) is 34.4 Å². The molecule has 0 saturated carbocycles. The van der Waals surface area contributed by atoms with Crippen molar-refractivity contribution in [2.24, 2.45) is 0 Å². The third-order valence-corrected chi connectivity index (χ3v) is 3.69. The molecule has 20 heavy (non-hydrogen) atoms. The van der Waals surface area contributed by atoms with E-state index < -0.39 is 0 Å². The Morgan fingerprint density at radius 1 is 0.950 bits per heavy atom. The average Bonchev–Trinajstić information content (AvgIpc) is 2.85. The van der Waals surface area contributed by atoms with E-state index in [1.165, 1.54) is 0 Å². The lowest BCUT2D eigenvalue weighted by molar-refractivity contribution is 1.11. The first-order valence-corrected chi connectivity index (χ1v) is 6.62. The van der Waals surface area contributed by atoms with Gasteiger partial charge in [-0.15, -0.1) is 0 Å². The highest BCUT2D eigenvalue weighted by molar-refractivity contribution is 6.30. The molecule has 0 N–H and O–H groups in total. The minimum Gasteiger partial charge on any atom is -0.269 e. The quantitative estimate of drug-likeness (QED) is 0.534. The highest BCUT2D eigenvalue weighted by atomic mass is 35.5. The second-order valence-corrected chi connectivity index (χ2v) is 5.10. The van der Waals surface area contributed by atoms with Gasteiger partial charge in [0.2, 0.25) is 0 Å². The minimum atomic E-state index is -0.0730. The van der Waals surface area contributed by atoms with Crippen molar-refractivity contribution in [2.45, 2.75) is 0 Å². The van der Waals surface area contributed by atoms with Crippen molar-refractivity contribution in [1.29, 1.82) is 0 Å². The normalized spacial score (nSPS) is 11.4. The number of imidazole rings is 1. The molecule has 4 aromatic rings. The number of hydrogen-bond acceptors (Lipinski definition) is 2. The van der Waals surface area contributed by atoms with E-state index in [1.807, 2.05) is 36.4 Å². The summed E-state index contributed by atoms with van der Waals surface area (Å²) in [5.74, 6) is 0.651. The molecule has 0 bridgehead atoms. The summed E-state index contributed by atoms with van der Waals surface area (Å²) in [5.41, 5.74) is 2.49. The Kier molecular flexibility index (Phi) is 2.32. The molecule has 0 aliphatic carbocycles. The van der Waals surface area contributed by atoms with Crippen LogP contribution in [0.3, 0.4) is 0 Å². The van der Waals surface area contributed by atoms with Gasteiger partial charge in [0.15, 0.2) is 0 Å². The molecule has 0 spiro atoms. The Balaban J connectivity index is 2.17. The van der Waals surface area contributed by atoms with E-state index in [1.54, 1.807) is 22.6 Å². The molecule has 0 radical (unpaired) electrons. The van der Waals surface area contributed by atoms with Crippen molar-refractivity contribution in [1.82, 2.24) is 9.38 Å². The van der Waals surface area contributed by atoms with Gasteiger partial charge < -0.3 is 0 Å². The van der Waals surface area contributed by atoms with Crippen LogP contribution in [0.15, 0.2) is 59.4 Å². The lowest BCUT2D eigenvalue weighted by atomic mass is 10.2. The van der Waals surface area contributed by atoms with Gasteiger partial charge in [0.25, 0.3) is 5.56 Å².